The maximum Gasteiger partial charge on any atom is 0.411 e. The third kappa shape index (κ3) is 3.64. The van der Waals surface area contributed by atoms with Crippen LogP contribution in [0, 0.1) is 0 Å². The predicted molar refractivity (Wildman–Crippen MR) is 64.8 cm³/mol. The minimum Gasteiger partial charge on any atom is -0.447 e. The van der Waals surface area contributed by atoms with E-state index in [0.717, 1.165) is 19.4 Å². The average Bonchev–Trinajstić information content (AvgIpc) is 2.79. The van der Waals surface area contributed by atoms with E-state index in [9.17, 15) is 4.79 Å². The van der Waals surface area contributed by atoms with E-state index in [1.807, 2.05) is 0 Å². The lowest BCUT2D eigenvalue weighted by Gasteiger charge is -2.11. The smallest absolute Gasteiger partial charge is 0.411 e. The molecule has 0 radical (unpaired) electrons. The number of carbonyl (C=O) groups is 1. The van der Waals surface area contributed by atoms with Crippen molar-refractivity contribution in [2.75, 3.05) is 24.3 Å². The maximum atomic E-state index is 11.5. The maximum absolute atomic E-state index is 11.5. The lowest BCUT2D eigenvalue weighted by molar-refractivity contribution is 0.0484. The summed E-state index contributed by atoms with van der Waals surface area (Å²) in [5, 5.41) is 2.61. The molecule has 0 bridgehead atoms. The minimum atomic E-state index is -0.480. The Labute approximate surface area is 99.9 Å². The summed E-state index contributed by atoms with van der Waals surface area (Å²) < 4.78 is 10.4. The second-order valence-corrected chi connectivity index (χ2v) is 3.98. The van der Waals surface area contributed by atoms with Gasteiger partial charge >= 0.3 is 6.09 Å². The summed E-state index contributed by atoms with van der Waals surface area (Å²) >= 11 is 0. The number of carbonyl (C=O) groups excluding carboxylic acids is 1. The number of amides is 1. The number of anilines is 2. The third-order valence-corrected chi connectivity index (χ3v) is 2.56. The van der Waals surface area contributed by atoms with E-state index in [4.69, 9.17) is 15.2 Å². The van der Waals surface area contributed by atoms with Crippen LogP contribution in [-0.4, -0.2) is 25.4 Å². The third-order valence-electron chi connectivity index (χ3n) is 2.56. The number of hydrogen-bond acceptors (Lipinski definition) is 4. The standard InChI is InChI=1S/C12H16N2O3/c13-9-3-1-4-10(7-9)14-12(15)17-8-11-5-2-6-16-11/h1,3-4,7,11H,2,5-6,8,13H2,(H,14,15). The Kier molecular flexibility index (Phi) is 3.82. The Balaban J connectivity index is 1.76. The molecule has 5 nitrogen and oxygen atoms in total. The van der Waals surface area contributed by atoms with Gasteiger partial charge < -0.3 is 15.2 Å². The molecule has 1 aliphatic rings. The van der Waals surface area contributed by atoms with Gasteiger partial charge in [0.2, 0.25) is 0 Å². The van der Waals surface area contributed by atoms with E-state index in [1.165, 1.54) is 0 Å². The summed E-state index contributed by atoms with van der Waals surface area (Å²) in [6.07, 6.45) is 1.55. The fourth-order valence-corrected chi connectivity index (χ4v) is 1.71. The van der Waals surface area contributed by atoms with Crippen molar-refractivity contribution in [1.29, 1.82) is 0 Å². The van der Waals surface area contributed by atoms with Gasteiger partial charge in [-0.1, -0.05) is 6.07 Å². The Hall–Kier alpha value is -1.75. The van der Waals surface area contributed by atoms with Gasteiger partial charge in [0.05, 0.1) is 6.10 Å². The van der Waals surface area contributed by atoms with Gasteiger partial charge in [-0.25, -0.2) is 4.79 Å². The van der Waals surface area contributed by atoms with E-state index >= 15 is 0 Å². The number of rotatable bonds is 3. The van der Waals surface area contributed by atoms with Crippen molar-refractivity contribution in [1.82, 2.24) is 0 Å². The molecule has 0 aromatic heterocycles. The molecule has 0 saturated carbocycles. The fourth-order valence-electron chi connectivity index (χ4n) is 1.71. The van der Waals surface area contributed by atoms with Gasteiger partial charge in [-0.05, 0) is 31.0 Å². The first-order valence-electron chi connectivity index (χ1n) is 5.65. The van der Waals surface area contributed by atoms with Gasteiger partial charge in [0.1, 0.15) is 6.61 Å². The van der Waals surface area contributed by atoms with Crippen molar-refractivity contribution >= 4 is 17.5 Å². The molecule has 2 rings (SSSR count). The molecule has 5 heteroatoms. The fraction of sp³-hybridized carbons (Fsp3) is 0.417. The van der Waals surface area contributed by atoms with E-state index in [2.05, 4.69) is 5.32 Å². The quantitative estimate of drug-likeness (QED) is 0.787. The van der Waals surface area contributed by atoms with Crippen molar-refractivity contribution in [2.45, 2.75) is 18.9 Å². The number of hydrogen-bond donors (Lipinski definition) is 2. The zero-order valence-electron chi connectivity index (χ0n) is 9.52. The molecule has 1 aliphatic heterocycles. The zero-order chi connectivity index (χ0) is 12.1. The van der Waals surface area contributed by atoms with E-state index in [1.54, 1.807) is 24.3 Å². The highest BCUT2D eigenvalue weighted by molar-refractivity contribution is 5.85. The molecular formula is C12H16N2O3. The SMILES string of the molecule is Nc1cccc(NC(=O)OCC2CCCO2)c1. The highest BCUT2D eigenvalue weighted by atomic mass is 16.6. The second kappa shape index (κ2) is 5.54. The van der Waals surface area contributed by atoms with Crippen LogP contribution in [0.4, 0.5) is 16.2 Å². The Bertz CT molecular complexity index is 389. The first-order valence-corrected chi connectivity index (χ1v) is 5.65. The van der Waals surface area contributed by atoms with Crippen molar-refractivity contribution in [3.05, 3.63) is 24.3 Å². The number of nitrogens with one attached hydrogen (secondary N) is 1. The molecular weight excluding hydrogens is 220 g/mol. The molecule has 1 fully saturated rings. The van der Waals surface area contributed by atoms with Crippen LogP contribution >= 0.6 is 0 Å². The molecule has 92 valence electrons. The van der Waals surface area contributed by atoms with Crippen LogP contribution in [0.5, 0.6) is 0 Å². The summed E-state index contributed by atoms with van der Waals surface area (Å²) in [4.78, 5) is 11.5. The van der Waals surface area contributed by atoms with Gasteiger partial charge in [0.25, 0.3) is 0 Å². The van der Waals surface area contributed by atoms with Gasteiger partial charge in [-0.3, -0.25) is 5.32 Å². The number of ether oxygens (including phenoxy) is 2. The van der Waals surface area contributed by atoms with Gasteiger partial charge in [0.15, 0.2) is 0 Å². The van der Waals surface area contributed by atoms with Crippen molar-refractivity contribution in [3.8, 4) is 0 Å². The topological polar surface area (TPSA) is 73.6 Å². The molecule has 0 spiro atoms. The summed E-state index contributed by atoms with van der Waals surface area (Å²) in [5.41, 5.74) is 6.82. The summed E-state index contributed by atoms with van der Waals surface area (Å²) in [6.45, 7) is 1.05. The molecule has 17 heavy (non-hydrogen) atoms. The molecule has 1 saturated heterocycles. The van der Waals surface area contributed by atoms with Gasteiger partial charge in [-0.2, -0.15) is 0 Å². The lowest BCUT2D eigenvalue weighted by atomic mass is 10.2. The zero-order valence-corrected chi connectivity index (χ0v) is 9.52. The van der Waals surface area contributed by atoms with Crippen molar-refractivity contribution < 1.29 is 14.3 Å². The molecule has 1 aromatic rings. The van der Waals surface area contributed by atoms with E-state index in [-0.39, 0.29) is 6.10 Å². The van der Waals surface area contributed by atoms with Crippen molar-refractivity contribution in [2.24, 2.45) is 0 Å². The molecule has 1 heterocycles. The van der Waals surface area contributed by atoms with Crippen LogP contribution in [0.2, 0.25) is 0 Å². The largest absolute Gasteiger partial charge is 0.447 e. The van der Waals surface area contributed by atoms with Crippen molar-refractivity contribution in [3.63, 3.8) is 0 Å². The first-order chi connectivity index (χ1) is 8.24. The molecule has 1 amide bonds. The lowest BCUT2D eigenvalue weighted by Crippen LogP contribution is -2.21. The number of benzene rings is 1. The predicted octanol–water partition coefficient (Wildman–Crippen LogP) is 2.00. The normalized spacial score (nSPS) is 18.9. The monoisotopic (exact) mass is 236 g/mol. The Morgan fingerprint density at radius 1 is 1.59 bits per heavy atom. The number of nitrogen functional groups attached to an aromatic ring is 1. The number of nitrogens with two attached hydrogens (primary N) is 1. The van der Waals surface area contributed by atoms with E-state index < -0.39 is 6.09 Å². The van der Waals surface area contributed by atoms with Crippen LogP contribution in [0.3, 0.4) is 0 Å². The van der Waals surface area contributed by atoms with Gasteiger partial charge in [-0.15, -0.1) is 0 Å². The molecule has 1 atom stereocenters. The highest BCUT2D eigenvalue weighted by Crippen LogP contribution is 2.14. The van der Waals surface area contributed by atoms with Crippen LogP contribution < -0.4 is 11.1 Å². The summed E-state index contributed by atoms with van der Waals surface area (Å²) in [7, 11) is 0. The van der Waals surface area contributed by atoms with Crippen LogP contribution in [0.15, 0.2) is 24.3 Å². The van der Waals surface area contributed by atoms with Crippen LogP contribution in [0.1, 0.15) is 12.8 Å². The molecule has 0 aliphatic carbocycles. The van der Waals surface area contributed by atoms with Gasteiger partial charge in [0, 0.05) is 18.0 Å². The summed E-state index contributed by atoms with van der Waals surface area (Å²) in [5.74, 6) is 0. The average molecular weight is 236 g/mol. The summed E-state index contributed by atoms with van der Waals surface area (Å²) in [6, 6.07) is 6.95. The molecule has 3 N–H and O–H groups in total. The van der Waals surface area contributed by atoms with Crippen LogP contribution in [0.25, 0.3) is 0 Å². The van der Waals surface area contributed by atoms with E-state index in [0.29, 0.717) is 18.0 Å². The highest BCUT2D eigenvalue weighted by Gasteiger charge is 2.17. The second-order valence-electron chi connectivity index (χ2n) is 3.98. The van der Waals surface area contributed by atoms with Crippen LogP contribution in [-0.2, 0) is 9.47 Å². The molecule has 1 unspecified atom stereocenters. The molecule has 1 aromatic carbocycles. The Morgan fingerprint density at radius 3 is 3.18 bits per heavy atom. The first kappa shape index (κ1) is 11.7. The minimum absolute atomic E-state index is 0.0431. The Morgan fingerprint density at radius 2 is 2.47 bits per heavy atom.